The van der Waals surface area contributed by atoms with Gasteiger partial charge in [0.15, 0.2) is 0 Å². The van der Waals surface area contributed by atoms with Gasteiger partial charge in [0.05, 0.1) is 32.9 Å². The van der Waals surface area contributed by atoms with Gasteiger partial charge in [0, 0.05) is 48.4 Å². The lowest BCUT2D eigenvalue weighted by atomic mass is 9.45. The lowest BCUT2D eigenvalue weighted by molar-refractivity contribution is -0.183. The second kappa shape index (κ2) is 14.0. The minimum absolute atomic E-state index is 0.0302. The minimum atomic E-state index is -0.909. The number of nitrogens with zero attached hydrogens (tertiary/aromatic N) is 2. The highest BCUT2D eigenvalue weighted by molar-refractivity contribution is 5.99. The third-order valence-corrected chi connectivity index (χ3v) is 11.1. The van der Waals surface area contributed by atoms with Crippen molar-refractivity contribution in [3.8, 4) is 16.9 Å². The molecule has 1 heterocycles. The number of hydrogen-bond acceptors (Lipinski definition) is 9. The molecule has 8 atom stereocenters. The Morgan fingerprint density at radius 3 is 2.54 bits per heavy atom. The van der Waals surface area contributed by atoms with E-state index < -0.39 is 24.2 Å². The van der Waals surface area contributed by atoms with Crippen molar-refractivity contribution < 1.29 is 29.4 Å². The van der Waals surface area contributed by atoms with Gasteiger partial charge in [0.2, 0.25) is 5.91 Å². The molecule has 2 amide bonds. The lowest BCUT2D eigenvalue weighted by Gasteiger charge is -2.62. The third kappa shape index (κ3) is 6.76. The van der Waals surface area contributed by atoms with Gasteiger partial charge < -0.3 is 36.2 Å². The molecule has 1 aliphatic heterocycles. The maximum Gasteiger partial charge on any atom is 0.251 e. The molecule has 262 valence electrons. The summed E-state index contributed by atoms with van der Waals surface area (Å²) in [4.78, 5) is 35.3. The maximum absolute atomic E-state index is 14.1. The van der Waals surface area contributed by atoms with E-state index in [2.05, 4.69) is 31.4 Å². The second-order valence-corrected chi connectivity index (χ2v) is 14.6. The van der Waals surface area contributed by atoms with Crippen LogP contribution in [-0.2, 0) is 16.2 Å². The highest BCUT2D eigenvalue weighted by Gasteiger charge is 2.57. The number of hydroxylamine groups is 2. The first-order chi connectivity index (χ1) is 22.7. The molecule has 48 heavy (non-hydrogen) atoms. The van der Waals surface area contributed by atoms with Crippen molar-refractivity contribution in [3.63, 3.8) is 0 Å². The number of aliphatic hydroxyl groups is 2. The molecule has 6 rings (SSSR count). The molecule has 7 N–H and O–H groups in total. The van der Waals surface area contributed by atoms with Gasteiger partial charge in [-0.2, -0.15) is 5.06 Å². The number of hydrogen-bond donors (Lipinski definition) is 6. The number of benzene rings is 2. The Balaban J connectivity index is 1.46. The van der Waals surface area contributed by atoms with Crippen LogP contribution in [0.5, 0.6) is 5.75 Å². The molecule has 2 aromatic rings. The number of aliphatic hydroxyl groups excluding tert-OH is 2. The number of nitrogens with one attached hydrogen (secondary N) is 3. The maximum atomic E-state index is 14.1. The highest BCUT2D eigenvalue weighted by atomic mass is 16.7. The molecule has 2 bridgehead atoms. The fourth-order valence-corrected chi connectivity index (χ4v) is 8.26. The van der Waals surface area contributed by atoms with E-state index in [1.54, 1.807) is 31.2 Å². The van der Waals surface area contributed by atoms with Crippen LogP contribution >= 0.6 is 0 Å². The molecular weight excluding hydrogens is 612 g/mol. The zero-order valence-corrected chi connectivity index (χ0v) is 29.1. The Morgan fingerprint density at radius 1 is 1.23 bits per heavy atom. The monoisotopic (exact) mass is 664 g/mol. The number of amidine groups is 1. The van der Waals surface area contributed by atoms with Crippen molar-refractivity contribution in [1.82, 2.24) is 15.7 Å². The van der Waals surface area contributed by atoms with Crippen molar-refractivity contribution in [2.75, 3.05) is 39.3 Å². The first-order valence-corrected chi connectivity index (χ1v) is 16.8. The Labute approximate surface area is 283 Å². The van der Waals surface area contributed by atoms with Crippen molar-refractivity contribution >= 4 is 23.3 Å². The zero-order chi connectivity index (χ0) is 35.1. The summed E-state index contributed by atoms with van der Waals surface area (Å²) >= 11 is 0. The van der Waals surface area contributed by atoms with Crippen LogP contribution in [0.1, 0.15) is 56.5 Å². The van der Waals surface area contributed by atoms with E-state index in [9.17, 15) is 19.8 Å². The number of methoxy groups -OCH3 is 1. The van der Waals surface area contributed by atoms with Gasteiger partial charge in [-0.05, 0) is 66.7 Å². The number of fused-ring (bicyclic) bond motifs is 2. The van der Waals surface area contributed by atoms with Crippen LogP contribution in [0.15, 0.2) is 36.4 Å². The summed E-state index contributed by atoms with van der Waals surface area (Å²) in [5, 5.41) is 36.2. The average molecular weight is 665 g/mol. The molecule has 0 unspecified atom stereocenters. The van der Waals surface area contributed by atoms with Crippen LogP contribution in [0.25, 0.3) is 11.1 Å². The summed E-state index contributed by atoms with van der Waals surface area (Å²) in [5.74, 6) is 0.600. The van der Waals surface area contributed by atoms with Gasteiger partial charge in [0.25, 0.3) is 5.91 Å². The van der Waals surface area contributed by atoms with Gasteiger partial charge >= 0.3 is 0 Å². The van der Waals surface area contributed by atoms with Gasteiger partial charge in [-0.25, -0.2) is 0 Å². The van der Waals surface area contributed by atoms with Gasteiger partial charge in [-0.15, -0.1) is 0 Å². The summed E-state index contributed by atoms with van der Waals surface area (Å²) in [6, 6.07) is 10.3. The quantitative estimate of drug-likeness (QED) is 0.147. The van der Waals surface area contributed by atoms with E-state index >= 15 is 0 Å². The van der Waals surface area contributed by atoms with E-state index in [1.165, 1.54) is 6.42 Å². The summed E-state index contributed by atoms with van der Waals surface area (Å²) < 4.78 is 5.98. The molecule has 3 saturated carbocycles. The normalized spacial score (nSPS) is 28.2. The average Bonchev–Trinajstić information content (AvgIpc) is 3.42. The fraction of sp³-hybridized carbons (Fsp3) is 0.583. The molecule has 3 aliphatic carbocycles. The van der Waals surface area contributed by atoms with Crippen molar-refractivity contribution in [1.29, 1.82) is 5.41 Å². The molecule has 1 saturated heterocycles. The molecule has 0 spiro atoms. The summed E-state index contributed by atoms with van der Waals surface area (Å²) in [5.41, 5.74) is 9.10. The van der Waals surface area contributed by atoms with E-state index in [4.69, 9.17) is 20.7 Å². The second-order valence-electron chi connectivity index (χ2n) is 14.6. The van der Waals surface area contributed by atoms with Crippen LogP contribution in [0, 0.1) is 34.5 Å². The molecule has 0 aromatic heterocycles. The smallest absolute Gasteiger partial charge is 0.251 e. The number of rotatable bonds is 12. The predicted molar refractivity (Wildman–Crippen MR) is 185 cm³/mol. The zero-order valence-electron chi connectivity index (χ0n) is 29.1. The van der Waals surface area contributed by atoms with Crippen LogP contribution < -0.4 is 26.0 Å². The minimum Gasteiger partial charge on any atom is -0.496 e. The first-order valence-electron chi connectivity index (χ1n) is 16.8. The number of ether oxygens (including phenoxy) is 1. The molecule has 4 fully saturated rings. The summed E-state index contributed by atoms with van der Waals surface area (Å²) in [6.07, 6.45) is 0.441. The summed E-state index contributed by atoms with van der Waals surface area (Å²) in [7, 11) is 5.34. The number of para-hydroxylation sites is 1. The standard InChI is InChI=1S/C36H52N6O6/c1-19-27-14-24(36(27,3)4)15-28(19)40-35(46)32-31(20(2)44)29(18-43)48-42(32)17-21-9-8-10-26(33(21)47-7)22-11-23(13-25(12-22)41(5)6)34(45)39-16-30(37)38/h8-13,19-20,24,27-29,31-32,43-44H,14-18H2,1-7H3,(H3,37,38)(H,39,45)(H,40,46)/t19-,20-,24+,27-,28-,29-,31-,32-/m0/s1. The van der Waals surface area contributed by atoms with Crippen LogP contribution in [0.3, 0.4) is 0 Å². The van der Waals surface area contributed by atoms with E-state index in [1.807, 2.05) is 43.3 Å². The number of amides is 2. The van der Waals surface area contributed by atoms with E-state index in [0.29, 0.717) is 29.1 Å². The van der Waals surface area contributed by atoms with Gasteiger partial charge in [-0.1, -0.05) is 39.0 Å². The third-order valence-electron chi connectivity index (χ3n) is 11.1. The highest BCUT2D eigenvalue weighted by Crippen LogP contribution is 2.61. The van der Waals surface area contributed by atoms with Crippen molar-refractivity contribution in [2.45, 2.75) is 71.4 Å². The fourth-order valence-electron chi connectivity index (χ4n) is 8.26. The lowest BCUT2D eigenvalue weighted by Crippen LogP contribution is -2.62. The molecule has 2 aromatic carbocycles. The van der Waals surface area contributed by atoms with Gasteiger partial charge in [-0.3, -0.25) is 19.8 Å². The van der Waals surface area contributed by atoms with Gasteiger partial charge in [0.1, 0.15) is 23.7 Å². The van der Waals surface area contributed by atoms with Crippen molar-refractivity contribution in [2.24, 2.45) is 34.8 Å². The number of carbonyl (C=O) groups is 2. The molecular formula is C36H52N6O6. The van der Waals surface area contributed by atoms with Crippen LogP contribution in [-0.4, -0.2) is 91.6 Å². The van der Waals surface area contributed by atoms with E-state index in [0.717, 1.165) is 28.8 Å². The van der Waals surface area contributed by atoms with E-state index in [-0.39, 0.29) is 48.8 Å². The number of anilines is 1. The molecule has 12 heteroatoms. The van der Waals surface area contributed by atoms with Crippen LogP contribution in [0.2, 0.25) is 0 Å². The molecule has 12 nitrogen and oxygen atoms in total. The van der Waals surface area contributed by atoms with Crippen LogP contribution in [0.4, 0.5) is 5.69 Å². The Morgan fingerprint density at radius 2 is 1.96 bits per heavy atom. The molecule has 4 aliphatic rings. The Hall–Kier alpha value is -3.71. The van der Waals surface area contributed by atoms with Crippen molar-refractivity contribution in [3.05, 3.63) is 47.5 Å². The summed E-state index contributed by atoms with van der Waals surface area (Å²) in [6.45, 7) is 8.23. The number of nitrogens with two attached hydrogens (primary N) is 1. The SMILES string of the molecule is COc1c(CN2O[C@@H](CO)[C@H]([C@H](C)O)[C@H]2C(=O)N[C@H]2C[C@H]3C[C@@H]([C@@H]2C)C3(C)C)cccc1-c1cc(C(=O)NCC(=N)N)cc(N(C)C)c1. The predicted octanol–water partition coefficient (Wildman–Crippen LogP) is 2.75. The molecule has 0 radical (unpaired) electrons. The topological polar surface area (TPSA) is 173 Å². The first kappa shape index (κ1) is 35.6. The Kier molecular flexibility index (Phi) is 10.4. The Bertz CT molecular complexity index is 1530. The largest absolute Gasteiger partial charge is 0.496 e. The number of carbonyl (C=O) groups excluding carboxylic acids is 2.